The Kier molecular flexibility index (Phi) is 10.3. The van der Waals surface area contributed by atoms with E-state index >= 15 is 0 Å². The van der Waals surface area contributed by atoms with Gasteiger partial charge in [-0.3, -0.25) is 4.79 Å². The summed E-state index contributed by atoms with van der Waals surface area (Å²) in [5, 5.41) is 16.1. The molecule has 0 aromatic heterocycles. The second kappa shape index (κ2) is 14.5. The van der Waals surface area contributed by atoms with E-state index in [-0.39, 0.29) is 12.0 Å². The van der Waals surface area contributed by atoms with E-state index in [2.05, 4.69) is 10.6 Å². The SMILES string of the molecule is CC=CC=CCNc1ccc(Cl)cc1C(=O)N[C@@H](Cc1ccc(-c2ccccc2Oc2ccccc2)cc1)C(=O)O. The molecule has 3 N–H and O–H groups in total. The molecule has 0 spiro atoms. The standard InChI is InChI=1S/C34H31ClN2O4/c1-2-3-4-10-21-36-30-20-19-26(35)23-29(30)33(38)37-31(34(39)40)22-24-15-17-25(18-16-24)28-13-8-9-14-32(28)41-27-11-6-5-7-12-27/h2-20,23,31,36H,21-22H2,1H3,(H,37,38)(H,39,40)/t31-/m0/s1. The summed E-state index contributed by atoms with van der Waals surface area (Å²) < 4.78 is 6.09. The molecule has 1 amide bonds. The number of carboxylic acid groups (broad SMARTS) is 1. The lowest BCUT2D eigenvalue weighted by atomic mass is 9.99. The molecular weight excluding hydrogens is 536 g/mol. The number of nitrogens with one attached hydrogen (secondary N) is 2. The monoisotopic (exact) mass is 566 g/mol. The second-order valence-electron chi connectivity index (χ2n) is 9.20. The van der Waals surface area contributed by atoms with Crippen molar-refractivity contribution in [1.29, 1.82) is 0 Å². The Morgan fingerprint density at radius 3 is 2.39 bits per heavy atom. The molecule has 0 aliphatic carbocycles. The topological polar surface area (TPSA) is 87.7 Å². The molecule has 4 aromatic carbocycles. The van der Waals surface area contributed by atoms with Crippen LogP contribution in [-0.4, -0.2) is 29.6 Å². The fraction of sp³-hybridized carbons (Fsp3) is 0.118. The number of amides is 1. The van der Waals surface area contributed by atoms with Gasteiger partial charge in [-0.1, -0.05) is 96.6 Å². The van der Waals surface area contributed by atoms with E-state index < -0.39 is 17.9 Å². The van der Waals surface area contributed by atoms with Crippen LogP contribution in [0.25, 0.3) is 11.1 Å². The average molecular weight is 567 g/mol. The minimum Gasteiger partial charge on any atom is -0.480 e. The zero-order valence-corrected chi connectivity index (χ0v) is 23.3. The van der Waals surface area contributed by atoms with Crippen LogP contribution in [0.1, 0.15) is 22.8 Å². The summed E-state index contributed by atoms with van der Waals surface area (Å²) in [5.74, 6) is -0.205. The van der Waals surface area contributed by atoms with Crippen molar-refractivity contribution in [3.63, 3.8) is 0 Å². The van der Waals surface area contributed by atoms with Crippen LogP contribution >= 0.6 is 11.6 Å². The van der Waals surface area contributed by atoms with Crippen molar-refractivity contribution < 1.29 is 19.4 Å². The Balaban J connectivity index is 1.47. The third-order valence-corrected chi connectivity index (χ3v) is 6.48. The normalized spacial score (nSPS) is 11.9. The molecule has 0 fully saturated rings. The Labute approximate surface area is 245 Å². The number of halogens is 1. The smallest absolute Gasteiger partial charge is 0.326 e. The third-order valence-electron chi connectivity index (χ3n) is 6.24. The van der Waals surface area contributed by atoms with Crippen LogP contribution in [0.4, 0.5) is 5.69 Å². The van der Waals surface area contributed by atoms with Gasteiger partial charge in [0.05, 0.1) is 5.56 Å². The van der Waals surface area contributed by atoms with Gasteiger partial charge in [0.1, 0.15) is 17.5 Å². The van der Waals surface area contributed by atoms with Crippen LogP contribution in [0.3, 0.4) is 0 Å². The van der Waals surface area contributed by atoms with E-state index in [9.17, 15) is 14.7 Å². The largest absolute Gasteiger partial charge is 0.480 e. The van der Waals surface area contributed by atoms with Gasteiger partial charge in [0.15, 0.2) is 0 Å². The molecule has 6 nitrogen and oxygen atoms in total. The second-order valence-corrected chi connectivity index (χ2v) is 9.64. The van der Waals surface area contributed by atoms with Crippen LogP contribution in [0.2, 0.25) is 5.02 Å². The van der Waals surface area contributed by atoms with Crippen LogP contribution < -0.4 is 15.4 Å². The average Bonchev–Trinajstić information content (AvgIpc) is 2.98. The van der Waals surface area contributed by atoms with Gasteiger partial charge in [0.2, 0.25) is 0 Å². The summed E-state index contributed by atoms with van der Waals surface area (Å²) in [6, 6.07) is 28.6. The third kappa shape index (κ3) is 8.34. The first kappa shape index (κ1) is 29.2. The van der Waals surface area contributed by atoms with Gasteiger partial charge in [0, 0.05) is 29.2 Å². The maximum absolute atomic E-state index is 13.2. The first-order chi connectivity index (χ1) is 19.9. The fourth-order valence-electron chi connectivity index (χ4n) is 4.19. The molecule has 0 unspecified atom stereocenters. The molecule has 0 aliphatic rings. The van der Waals surface area contributed by atoms with Gasteiger partial charge >= 0.3 is 5.97 Å². The van der Waals surface area contributed by atoms with Crippen molar-refractivity contribution in [2.24, 2.45) is 0 Å². The van der Waals surface area contributed by atoms with Crippen LogP contribution in [0.5, 0.6) is 11.5 Å². The van der Waals surface area contributed by atoms with E-state index in [1.807, 2.05) is 110 Å². The summed E-state index contributed by atoms with van der Waals surface area (Å²) in [6.07, 6.45) is 7.73. The van der Waals surface area contributed by atoms with Crippen molar-refractivity contribution in [2.45, 2.75) is 19.4 Å². The van der Waals surface area contributed by atoms with Gasteiger partial charge in [-0.15, -0.1) is 0 Å². The number of ether oxygens (including phenoxy) is 1. The van der Waals surface area contributed by atoms with E-state index in [1.165, 1.54) is 6.07 Å². The molecule has 7 heteroatoms. The summed E-state index contributed by atoms with van der Waals surface area (Å²) in [7, 11) is 0. The highest BCUT2D eigenvalue weighted by Gasteiger charge is 2.23. The van der Waals surface area contributed by atoms with E-state index in [1.54, 1.807) is 12.1 Å². The van der Waals surface area contributed by atoms with Crippen molar-refractivity contribution in [3.8, 4) is 22.6 Å². The molecular formula is C34H31ClN2O4. The molecule has 0 heterocycles. The van der Waals surface area contributed by atoms with Gasteiger partial charge < -0.3 is 20.5 Å². The quantitative estimate of drug-likeness (QED) is 0.152. The van der Waals surface area contributed by atoms with Crippen molar-refractivity contribution >= 4 is 29.2 Å². The molecule has 4 aromatic rings. The van der Waals surface area contributed by atoms with Crippen LogP contribution in [0.15, 0.2) is 121 Å². The molecule has 0 aliphatic heterocycles. The highest BCUT2D eigenvalue weighted by Crippen LogP contribution is 2.33. The van der Waals surface area contributed by atoms with Crippen LogP contribution in [-0.2, 0) is 11.2 Å². The first-order valence-corrected chi connectivity index (χ1v) is 13.6. The molecule has 0 bridgehead atoms. The van der Waals surface area contributed by atoms with Crippen molar-refractivity contribution in [1.82, 2.24) is 5.32 Å². The highest BCUT2D eigenvalue weighted by atomic mass is 35.5. The predicted molar refractivity (Wildman–Crippen MR) is 165 cm³/mol. The number of hydrogen-bond acceptors (Lipinski definition) is 4. The number of aliphatic carboxylic acids is 1. The molecule has 0 saturated carbocycles. The number of hydrogen-bond donors (Lipinski definition) is 3. The number of carbonyl (C=O) groups excluding carboxylic acids is 1. The Morgan fingerprint density at radius 1 is 0.927 bits per heavy atom. The number of benzene rings is 4. The lowest BCUT2D eigenvalue weighted by molar-refractivity contribution is -0.139. The Morgan fingerprint density at radius 2 is 1.66 bits per heavy atom. The number of allylic oxidation sites excluding steroid dienone is 3. The molecule has 41 heavy (non-hydrogen) atoms. The van der Waals surface area contributed by atoms with Gasteiger partial charge in [-0.05, 0) is 54.4 Å². The zero-order valence-electron chi connectivity index (χ0n) is 22.6. The summed E-state index contributed by atoms with van der Waals surface area (Å²) >= 11 is 6.16. The van der Waals surface area contributed by atoms with Gasteiger partial charge in [-0.25, -0.2) is 4.79 Å². The van der Waals surface area contributed by atoms with Crippen molar-refractivity contribution in [3.05, 3.63) is 138 Å². The number of carboxylic acids is 1. The lowest BCUT2D eigenvalue weighted by Gasteiger charge is -2.17. The lowest BCUT2D eigenvalue weighted by Crippen LogP contribution is -2.42. The maximum atomic E-state index is 13.2. The molecule has 0 saturated heterocycles. The van der Waals surface area contributed by atoms with Gasteiger partial charge in [-0.2, -0.15) is 0 Å². The first-order valence-electron chi connectivity index (χ1n) is 13.2. The summed E-state index contributed by atoms with van der Waals surface area (Å²) in [6.45, 7) is 2.41. The molecule has 4 rings (SSSR count). The number of carbonyl (C=O) groups is 2. The summed E-state index contributed by atoms with van der Waals surface area (Å²) in [5.41, 5.74) is 3.43. The van der Waals surface area contributed by atoms with Gasteiger partial charge in [0.25, 0.3) is 5.91 Å². The highest BCUT2D eigenvalue weighted by molar-refractivity contribution is 6.31. The Hall–Kier alpha value is -4.81. The fourth-order valence-corrected chi connectivity index (χ4v) is 4.36. The van der Waals surface area contributed by atoms with Crippen molar-refractivity contribution in [2.75, 3.05) is 11.9 Å². The van der Waals surface area contributed by atoms with E-state index in [0.717, 1.165) is 22.4 Å². The predicted octanol–water partition coefficient (Wildman–Crippen LogP) is 7.77. The summed E-state index contributed by atoms with van der Waals surface area (Å²) in [4.78, 5) is 25.3. The Bertz CT molecular complexity index is 1530. The number of anilines is 1. The zero-order chi connectivity index (χ0) is 29.0. The minimum absolute atomic E-state index is 0.110. The maximum Gasteiger partial charge on any atom is 0.326 e. The molecule has 208 valence electrons. The van der Waals surface area contributed by atoms with Crippen LogP contribution in [0, 0.1) is 0 Å². The van der Waals surface area contributed by atoms with E-state index in [4.69, 9.17) is 16.3 Å². The number of para-hydroxylation sites is 2. The molecule has 1 atom stereocenters. The number of rotatable bonds is 12. The van der Waals surface area contributed by atoms with E-state index in [0.29, 0.717) is 23.0 Å². The minimum atomic E-state index is -1.14. The molecule has 0 radical (unpaired) electrons.